The zero-order valence-electron chi connectivity index (χ0n) is 18.1. The third-order valence-electron chi connectivity index (χ3n) is 7.15. The lowest BCUT2D eigenvalue weighted by Gasteiger charge is -2.45. The van der Waals surface area contributed by atoms with Crippen molar-refractivity contribution in [1.29, 1.82) is 0 Å². The van der Waals surface area contributed by atoms with E-state index in [-0.39, 0.29) is 17.9 Å². The molecule has 3 atom stereocenters. The number of rotatable bonds is 4. The van der Waals surface area contributed by atoms with Gasteiger partial charge in [0.1, 0.15) is 11.2 Å². The first kappa shape index (κ1) is 19.9. The molecule has 0 bridgehead atoms. The third-order valence-corrected chi connectivity index (χ3v) is 7.15. The van der Waals surface area contributed by atoms with Crippen molar-refractivity contribution in [3.8, 4) is 0 Å². The van der Waals surface area contributed by atoms with E-state index in [1.807, 2.05) is 47.9 Å². The van der Waals surface area contributed by atoms with Crippen molar-refractivity contribution in [1.82, 2.24) is 14.8 Å². The highest BCUT2D eigenvalue weighted by Gasteiger charge is 2.48. The predicted octanol–water partition coefficient (Wildman–Crippen LogP) is 4.34. The van der Waals surface area contributed by atoms with E-state index in [2.05, 4.69) is 12.2 Å². The number of furan rings is 1. The third kappa shape index (κ3) is 3.34. The SMILES string of the molecule is CC1CCCCC1NC(=O)C1(C)Cn2c(cc3occc32)C(=O)N1Cc1ccccc1. The summed E-state index contributed by atoms with van der Waals surface area (Å²) < 4.78 is 7.48. The van der Waals surface area contributed by atoms with Crippen LogP contribution < -0.4 is 5.32 Å². The van der Waals surface area contributed by atoms with Gasteiger partial charge in [-0.25, -0.2) is 0 Å². The van der Waals surface area contributed by atoms with Gasteiger partial charge in [-0.3, -0.25) is 9.59 Å². The zero-order valence-corrected chi connectivity index (χ0v) is 18.1. The lowest BCUT2D eigenvalue weighted by molar-refractivity contribution is -0.134. The molecule has 2 aliphatic rings. The lowest BCUT2D eigenvalue weighted by Crippen LogP contribution is -2.65. The van der Waals surface area contributed by atoms with Crippen LogP contribution in [0.1, 0.15) is 55.6 Å². The fraction of sp³-hybridized carbons (Fsp3) is 0.440. The molecule has 1 N–H and O–H groups in total. The number of carbonyl (C=O) groups is 2. The maximum absolute atomic E-state index is 13.7. The van der Waals surface area contributed by atoms with E-state index in [9.17, 15) is 9.59 Å². The van der Waals surface area contributed by atoms with E-state index < -0.39 is 5.54 Å². The minimum atomic E-state index is -1.000. The van der Waals surface area contributed by atoms with E-state index in [1.165, 1.54) is 6.42 Å². The number of carbonyl (C=O) groups excluding carboxylic acids is 2. The van der Waals surface area contributed by atoms with Gasteiger partial charge in [0.25, 0.3) is 5.91 Å². The van der Waals surface area contributed by atoms with Gasteiger partial charge in [0.15, 0.2) is 5.58 Å². The Kier molecular flexibility index (Phi) is 4.88. The average molecular weight is 420 g/mol. The van der Waals surface area contributed by atoms with Gasteiger partial charge in [-0.15, -0.1) is 0 Å². The van der Waals surface area contributed by atoms with Crippen LogP contribution in [0.2, 0.25) is 0 Å². The summed E-state index contributed by atoms with van der Waals surface area (Å²) in [6.07, 6.45) is 6.10. The van der Waals surface area contributed by atoms with Crippen molar-refractivity contribution < 1.29 is 14.0 Å². The second-order valence-electron chi connectivity index (χ2n) is 9.28. The van der Waals surface area contributed by atoms with Crippen LogP contribution in [0.5, 0.6) is 0 Å². The fourth-order valence-corrected chi connectivity index (χ4v) is 5.14. The van der Waals surface area contributed by atoms with Gasteiger partial charge in [0, 0.05) is 24.7 Å². The molecule has 6 heteroatoms. The van der Waals surface area contributed by atoms with Crippen LogP contribution in [0.4, 0.5) is 0 Å². The van der Waals surface area contributed by atoms with E-state index >= 15 is 0 Å². The van der Waals surface area contributed by atoms with Crippen molar-refractivity contribution in [2.75, 3.05) is 0 Å². The zero-order chi connectivity index (χ0) is 21.6. The first-order chi connectivity index (χ1) is 15.0. The first-order valence-electron chi connectivity index (χ1n) is 11.2. The summed E-state index contributed by atoms with van der Waals surface area (Å²) in [5, 5.41) is 3.31. The first-order valence-corrected chi connectivity index (χ1v) is 11.2. The summed E-state index contributed by atoms with van der Waals surface area (Å²) >= 11 is 0. The highest BCUT2D eigenvalue weighted by molar-refractivity contribution is 6.02. The number of fused-ring (bicyclic) bond motifs is 3. The van der Waals surface area contributed by atoms with Gasteiger partial charge in [-0.05, 0) is 31.2 Å². The van der Waals surface area contributed by atoms with Gasteiger partial charge in [-0.1, -0.05) is 50.1 Å². The van der Waals surface area contributed by atoms with E-state index in [4.69, 9.17) is 4.42 Å². The number of hydrogen-bond acceptors (Lipinski definition) is 3. The Hall–Kier alpha value is -3.02. The molecule has 3 unspecified atom stereocenters. The van der Waals surface area contributed by atoms with Crippen LogP contribution >= 0.6 is 0 Å². The monoisotopic (exact) mass is 419 g/mol. The summed E-state index contributed by atoms with van der Waals surface area (Å²) in [7, 11) is 0. The minimum absolute atomic E-state index is 0.0773. The standard InChI is InChI=1S/C25H29N3O3/c1-17-8-6-7-11-19(17)26-24(30)25(2)16-27-20-12-13-31-22(20)14-21(27)23(29)28(25)15-18-9-4-3-5-10-18/h3-5,9-10,12-14,17,19H,6-8,11,15-16H2,1-2H3,(H,26,30). The molecule has 3 heterocycles. The topological polar surface area (TPSA) is 67.5 Å². The van der Waals surface area contributed by atoms with Crippen molar-refractivity contribution in [3.05, 3.63) is 60.0 Å². The molecule has 2 amide bonds. The number of nitrogens with one attached hydrogen (secondary N) is 1. The number of hydrogen-bond donors (Lipinski definition) is 1. The van der Waals surface area contributed by atoms with Gasteiger partial charge in [0.2, 0.25) is 5.91 Å². The van der Waals surface area contributed by atoms with Gasteiger partial charge < -0.3 is 19.2 Å². The molecule has 0 saturated heterocycles. The Morgan fingerprint density at radius 3 is 2.74 bits per heavy atom. The van der Waals surface area contributed by atoms with Crippen LogP contribution in [0.25, 0.3) is 11.1 Å². The summed E-state index contributed by atoms with van der Waals surface area (Å²) in [5.41, 5.74) is 2.10. The molecule has 162 valence electrons. The van der Waals surface area contributed by atoms with Gasteiger partial charge in [0.05, 0.1) is 18.3 Å². The molecular weight excluding hydrogens is 390 g/mol. The molecule has 1 saturated carbocycles. The van der Waals surface area contributed by atoms with Gasteiger partial charge >= 0.3 is 0 Å². The molecule has 1 aliphatic carbocycles. The van der Waals surface area contributed by atoms with Crippen molar-refractivity contribution in [2.45, 2.75) is 64.2 Å². The highest BCUT2D eigenvalue weighted by atomic mass is 16.3. The Balaban J connectivity index is 1.53. The molecule has 5 rings (SSSR count). The molecular formula is C25H29N3O3. The maximum atomic E-state index is 13.7. The molecule has 6 nitrogen and oxygen atoms in total. The van der Waals surface area contributed by atoms with Crippen molar-refractivity contribution >= 4 is 22.9 Å². The number of amides is 2. The van der Waals surface area contributed by atoms with E-state index in [0.29, 0.717) is 30.3 Å². The van der Waals surface area contributed by atoms with Crippen LogP contribution in [-0.2, 0) is 17.9 Å². The molecule has 3 aromatic rings. The molecule has 1 aliphatic heterocycles. The molecule has 0 spiro atoms. The highest BCUT2D eigenvalue weighted by Crippen LogP contribution is 2.34. The normalized spacial score (nSPS) is 26.1. The summed E-state index contributed by atoms with van der Waals surface area (Å²) in [6, 6.07) is 13.7. The van der Waals surface area contributed by atoms with E-state index in [1.54, 1.807) is 17.2 Å². The lowest BCUT2D eigenvalue weighted by atomic mass is 9.85. The predicted molar refractivity (Wildman–Crippen MR) is 118 cm³/mol. The number of nitrogens with zero attached hydrogens (tertiary/aromatic N) is 2. The Morgan fingerprint density at radius 2 is 1.97 bits per heavy atom. The van der Waals surface area contributed by atoms with Crippen LogP contribution in [0.3, 0.4) is 0 Å². The van der Waals surface area contributed by atoms with Gasteiger partial charge in [-0.2, -0.15) is 0 Å². The summed E-state index contributed by atoms with van der Waals surface area (Å²) in [6.45, 7) is 4.89. The summed E-state index contributed by atoms with van der Waals surface area (Å²) in [4.78, 5) is 29.1. The van der Waals surface area contributed by atoms with Crippen LogP contribution in [0, 0.1) is 5.92 Å². The molecule has 0 radical (unpaired) electrons. The molecule has 1 fully saturated rings. The second kappa shape index (κ2) is 7.59. The fourth-order valence-electron chi connectivity index (χ4n) is 5.14. The number of benzene rings is 1. The number of aromatic nitrogens is 1. The molecule has 1 aromatic carbocycles. The average Bonchev–Trinajstić information content (AvgIpc) is 3.36. The molecule has 2 aromatic heterocycles. The second-order valence-corrected chi connectivity index (χ2v) is 9.28. The molecule has 31 heavy (non-hydrogen) atoms. The van der Waals surface area contributed by atoms with Crippen LogP contribution in [0.15, 0.2) is 53.1 Å². The minimum Gasteiger partial charge on any atom is -0.463 e. The quantitative estimate of drug-likeness (QED) is 0.684. The smallest absolute Gasteiger partial charge is 0.271 e. The van der Waals surface area contributed by atoms with Crippen LogP contribution in [-0.4, -0.2) is 32.9 Å². The van der Waals surface area contributed by atoms with E-state index in [0.717, 1.165) is 30.3 Å². The van der Waals surface area contributed by atoms with Crippen molar-refractivity contribution in [3.63, 3.8) is 0 Å². The Bertz CT molecular complexity index is 1120. The summed E-state index contributed by atoms with van der Waals surface area (Å²) in [5.74, 6) is 0.230. The maximum Gasteiger partial charge on any atom is 0.271 e. The Morgan fingerprint density at radius 1 is 1.19 bits per heavy atom. The Labute approximate surface area is 182 Å². The largest absolute Gasteiger partial charge is 0.463 e. The van der Waals surface area contributed by atoms with Crippen molar-refractivity contribution in [2.24, 2.45) is 5.92 Å².